The first-order valence-corrected chi connectivity index (χ1v) is 4.38. The minimum Gasteiger partial charge on any atom is -0.330 e. The number of rotatable bonds is 2. The van der Waals surface area contributed by atoms with Gasteiger partial charge in [0.2, 0.25) is 0 Å². The van der Waals surface area contributed by atoms with Crippen LogP contribution in [-0.2, 0) is 0 Å². The van der Waals surface area contributed by atoms with Crippen LogP contribution in [0.3, 0.4) is 0 Å². The maximum Gasteiger partial charge on any atom is 0.129 e. The third kappa shape index (κ3) is 1.44. The van der Waals surface area contributed by atoms with Crippen molar-refractivity contribution in [3.05, 3.63) is 35.4 Å². The van der Waals surface area contributed by atoms with Gasteiger partial charge in [0.05, 0.1) is 0 Å². The van der Waals surface area contributed by atoms with E-state index in [0.717, 1.165) is 6.42 Å². The Morgan fingerprint density at radius 3 is 2.38 bits per heavy atom. The molecule has 1 saturated carbocycles. The van der Waals surface area contributed by atoms with Crippen molar-refractivity contribution < 1.29 is 8.78 Å². The standard InChI is InChI=1S/C10H11F2N/c11-8-2-1-3-9(12)10(8)7-4-6(7)5-13/h1-3,6-7H,4-5,13H2/t6-,7-/m0/s1. The van der Waals surface area contributed by atoms with Crippen molar-refractivity contribution in [3.8, 4) is 0 Å². The van der Waals surface area contributed by atoms with Gasteiger partial charge < -0.3 is 5.73 Å². The number of benzene rings is 1. The Hall–Kier alpha value is -0.960. The first-order valence-electron chi connectivity index (χ1n) is 4.38. The van der Waals surface area contributed by atoms with E-state index in [9.17, 15) is 8.78 Å². The molecule has 0 amide bonds. The lowest BCUT2D eigenvalue weighted by Gasteiger charge is -2.02. The molecule has 1 aromatic carbocycles. The second kappa shape index (κ2) is 3.07. The van der Waals surface area contributed by atoms with Crippen molar-refractivity contribution in [1.82, 2.24) is 0 Å². The van der Waals surface area contributed by atoms with Crippen molar-refractivity contribution in [3.63, 3.8) is 0 Å². The molecule has 0 radical (unpaired) electrons. The van der Waals surface area contributed by atoms with Crippen LogP contribution in [0.15, 0.2) is 18.2 Å². The molecule has 0 aliphatic heterocycles. The Labute approximate surface area is 75.6 Å². The molecule has 0 saturated heterocycles. The highest BCUT2D eigenvalue weighted by molar-refractivity contribution is 5.29. The lowest BCUT2D eigenvalue weighted by molar-refractivity contribution is 0.551. The van der Waals surface area contributed by atoms with Gasteiger partial charge in [-0.3, -0.25) is 0 Å². The minimum absolute atomic E-state index is 0.00574. The molecule has 0 unspecified atom stereocenters. The van der Waals surface area contributed by atoms with Crippen LogP contribution in [-0.4, -0.2) is 6.54 Å². The second-order valence-electron chi connectivity index (χ2n) is 3.47. The van der Waals surface area contributed by atoms with Gasteiger partial charge in [-0.25, -0.2) is 8.78 Å². The molecule has 1 aliphatic rings. The van der Waals surface area contributed by atoms with Gasteiger partial charge in [0.15, 0.2) is 0 Å². The average Bonchev–Trinajstić information content (AvgIpc) is 2.83. The van der Waals surface area contributed by atoms with E-state index in [1.165, 1.54) is 18.2 Å². The Morgan fingerprint density at radius 1 is 1.31 bits per heavy atom. The van der Waals surface area contributed by atoms with E-state index >= 15 is 0 Å². The lowest BCUT2D eigenvalue weighted by Crippen LogP contribution is -2.03. The van der Waals surface area contributed by atoms with Crippen molar-refractivity contribution >= 4 is 0 Å². The molecule has 1 fully saturated rings. The number of halogens is 2. The second-order valence-corrected chi connectivity index (χ2v) is 3.47. The topological polar surface area (TPSA) is 26.0 Å². The van der Waals surface area contributed by atoms with E-state index in [4.69, 9.17) is 5.73 Å². The van der Waals surface area contributed by atoms with Crippen molar-refractivity contribution in [2.75, 3.05) is 6.54 Å². The first kappa shape index (κ1) is 8.63. The summed E-state index contributed by atoms with van der Waals surface area (Å²) in [6.07, 6.45) is 0.814. The molecule has 2 atom stereocenters. The van der Waals surface area contributed by atoms with Gasteiger partial charge in [-0.15, -0.1) is 0 Å². The maximum absolute atomic E-state index is 13.2. The van der Waals surface area contributed by atoms with E-state index in [1.54, 1.807) is 0 Å². The van der Waals surface area contributed by atoms with Gasteiger partial charge in [-0.05, 0) is 36.9 Å². The first-order chi connectivity index (χ1) is 6.24. The van der Waals surface area contributed by atoms with E-state index in [-0.39, 0.29) is 17.4 Å². The molecule has 13 heavy (non-hydrogen) atoms. The Morgan fingerprint density at radius 2 is 1.92 bits per heavy atom. The molecule has 0 heterocycles. The Kier molecular flexibility index (Phi) is 2.04. The molecular weight excluding hydrogens is 172 g/mol. The highest BCUT2D eigenvalue weighted by Crippen LogP contribution is 2.48. The molecule has 0 spiro atoms. The van der Waals surface area contributed by atoms with E-state index < -0.39 is 11.6 Å². The molecular formula is C10H11F2N. The van der Waals surface area contributed by atoms with Crippen LogP contribution in [0.5, 0.6) is 0 Å². The van der Waals surface area contributed by atoms with E-state index in [2.05, 4.69) is 0 Å². The average molecular weight is 183 g/mol. The molecule has 2 rings (SSSR count). The third-order valence-corrected chi connectivity index (χ3v) is 2.60. The van der Waals surface area contributed by atoms with Crippen LogP contribution < -0.4 is 5.73 Å². The third-order valence-electron chi connectivity index (χ3n) is 2.60. The van der Waals surface area contributed by atoms with Gasteiger partial charge in [-0.1, -0.05) is 6.07 Å². The van der Waals surface area contributed by atoms with Gasteiger partial charge in [0.1, 0.15) is 11.6 Å². The Bertz CT molecular complexity index is 304. The lowest BCUT2D eigenvalue weighted by atomic mass is 10.1. The zero-order valence-electron chi connectivity index (χ0n) is 7.13. The SMILES string of the molecule is NC[C@@H]1C[C@@H]1c1c(F)cccc1F. The smallest absolute Gasteiger partial charge is 0.129 e. The summed E-state index contributed by atoms with van der Waals surface area (Å²) < 4.78 is 26.3. The Balaban J connectivity index is 2.30. The minimum atomic E-state index is -0.444. The summed E-state index contributed by atoms with van der Waals surface area (Å²) in [4.78, 5) is 0. The van der Waals surface area contributed by atoms with Gasteiger partial charge in [0, 0.05) is 5.56 Å². The van der Waals surface area contributed by atoms with Crippen LogP contribution >= 0.6 is 0 Å². The van der Waals surface area contributed by atoms with Crippen LogP contribution in [0.2, 0.25) is 0 Å². The zero-order valence-corrected chi connectivity index (χ0v) is 7.13. The summed E-state index contributed by atoms with van der Waals surface area (Å²) in [7, 11) is 0. The highest BCUT2D eigenvalue weighted by Gasteiger charge is 2.40. The highest BCUT2D eigenvalue weighted by atomic mass is 19.1. The van der Waals surface area contributed by atoms with E-state index in [0.29, 0.717) is 6.54 Å². The summed E-state index contributed by atoms with van der Waals surface area (Å²) in [6, 6.07) is 3.97. The van der Waals surface area contributed by atoms with E-state index in [1.807, 2.05) is 0 Å². The maximum atomic E-state index is 13.2. The normalized spacial score (nSPS) is 26.1. The van der Waals surface area contributed by atoms with Gasteiger partial charge in [0.25, 0.3) is 0 Å². The van der Waals surface area contributed by atoms with Crippen LogP contribution in [0.4, 0.5) is 8.78 Å². The fraction of sp³-hybridized carbons (Fsp3) is 0.400. The molecule has 2 N–H and O–H groups in total. The predicted octanol–water partition coefficient (Wildman–Crippen LogP) is 2.03. The largest absolute Gasteiger partial charge is 0.330 e. The predicted molar refractivity (Wildman–Crippen MR) is 46.3 cm³/mol. The number of hydrogen-bond donors (Lipinski definition) is 1. The molecule has 0 aromatic heterocycles. The van der Waals surface area contributed by atoms with Gasteiger partial charge in [-0.2, -0.15) is 0 Å². The molecule has 1 aromatic rings. The fourth-order valence-electron chi connectivity index (χ4n) is 1.73. The quantitative estimate of drug-likeness (QED) is 0.745. The molecule has 0 bridgehead atoms. The summed E-state index contributed by atoms with van der Waals surface area (Å²) in [5.41, 5.74) is 5.64. The fourth-order valence-corrected chi connectivity index (χ4v) is 1.73. The van der Waals surface area contributed by atoms with Crippen molar-refractivity contribution in [1.29, 1.82) is 0 Å². The molecule has 3 heteroatoms. The van der Waals surface area contributed by atoms with Crippen LogP contribution in [0.25, 0.3) is 0 Å². The summed E-state index contributed by atoms with van der Waals surface area (Å²) in [5, 5.41) is 0. The molecule has 1 aliphatic carbocycles. The molecule has 1 nitrogen and oxygen atoms in total. The summed E-state index contributed by atoms with van der Waals surface area (Å²) in [6.45, 7) is 0.512. The number of hydrogen-bond acceptors (Lipinski definition) is 1. The van der Waals surface area contributed by atoms with Crippen molar-refractivity contribution in [2.45, 2.75) is 12.3 Å². The summed E-state index contributed by atoms with van der Waals surface area (Å²) >= 11 is 0. The van der Waals surface area contributed by atoms with Gasteiger partial charge >= 0.3 is 0 Å². The monoisotopic (exact) mass is 183 g/mol. The van der Waals surface area contributed by atoms with Crippen LogP contribution in [0, 0.1) is 17.6 Å². The molecule has 70 valence electrons. The number of nitrogens with two attached hydrogens (primary N) is 1. The zero-order chi connectivity index (χ0) is 9.42. The van der Waals surface area contributed by atoms with Crippen molar-refractivity contribution in [2.24, 2.45) is 11.7 Å². The van der Waals surface area contributed by atoms with Crippen LogP contribution in [0.1, 0.15) is 17.9 Å². The summed E-state index contributed by atoms with van der Waals surface area (Å²) in [5.74, 6) is -0.612.